The topological polar surface area (TPSA) is 71.3 Å². The van der Waals surface area contributed by atoms with E-state index >= 15 is 0 Å². The van der Waals surface area contributed by atoms with Crippen LogP contribution in [-0.4, -0.2) is 25.7 Å². The second-order valence-electron chi connectivity index (χ2n) is 7.09. The van der Waals surface area contributed by atoms with Gasteiger partial charge in [0.15, 0.2) is 11.5 Å². The number of carbonyl (C=O) groups is 1. The van der Waals surface area contributed by atoms with Gasteiger partial charge in [-0.2, -0.15) is 5.26 Å². The summed E-state index contributed by atoms with van der Waals surface area (Å²) in [7, 11) is 1.59. The Morgan fingerprint density at radius 1 is 1.31 bits per heavy atom. The van der Waals surface area contributed by atoms with Crippen LogP contribution >= 0.6 is 0 Å². The highest BCUT2D eigenvalue weighted by atomic mass is 16.5. The molecule has 5 heteroatoms. The Kier molecular flexibility index (Phi) is 7.53. The second-order valence-corrected chi connectivity index (χ2v) is 7.09. The molecule has 140 valence electrons. The normalized spacial score (nSPS) is 15.4. The van der Waals surface area contributed by atoms with E-state index in [1.165, 1.54) is 6.42 Å². The van der Waals surface area contributed by atoms with E-state index < -0.39 is 0 Å². The van der Waals surface area contributed by atoms with Crippen LogP contribution in [0.15, 0.2) is 23.8 Å². The molecule has 0 heterocycles. The summed E-state index contributed by atoms with van der Waals surface area (Å²) in [5.41, 5.74) is 0.843. The van der Waals surface area contributed by atoms with E-state index in [1.807, 2.05) is 12.1 Å². The minimum absolute atomic E-state index is 0.107. The van der Waals surface area contributed by atoms with Crippen LogP contribution in [-0.2, 0) is 4.79 Å². The Bertz CT molecular complexity index is 683. The predicted octanol–water partition coefficient (Wildman–Crippen LogP) is 4.09. The zero-order valence-electron chi connectivity index (χ0n) is 15.9. The molecule has 0 aliphatic heterocycles. The minimum Gasteiger partial charge on any atom is -0.493 e. The monoisotopic (exact) mass is 356 g/mol. The van der Waals surface area contributed by atoms with Crippen molar-refractivity contribution in [3.8, 4) is 17.6 Å². The summed E-state index contributed by atoms with van der Waals surface area (Å²) in [4.78, 5) is 12.4. The lowest BCUT2D eigenvalue weighted by Crippen LogP contribution is -2.36. The van der Waals surface area contributed by atoms with Crippen LogP contribution in [0.1, 0.15) is 51.5 Å². The van der Waals surface area contributed by atoms with Crippen LogP contribution in [0.3, 0.4) is 0 Å². The fourth-order valence-corrected chi connectivity index (χ4v) is 2.98. The summed E-state index contributed by atoms with van der Waals surface area (Å²) in [6, 6.07) is 7.59. The van der Waals surface area contributed by atoms with Gasteiger partial charge in [0.25, 0.3) is 5.91 Å². The molecule has 5 nitrogen and oxygen atoms in total. The van der Waals surface area contributed by atoms with E-state index in [4.69, 9.17) is 9.47 Å². The molecule has 1 aliphatic rings. The second kappa shape index (κ2) is 9.86. The van der Waals surface area contributed by atoms with Gasteiger partial charge in [-0.3, -0.25) is 4.79 Å². The van der Waals surface area contributed by atoms with Gasteiger partial charge in [0.05, 0.1) is 13.7 Å². The molecule has 1 N–H and O–H groups in total. The van der Waals surface area contributed by atoms with Crippen molar-refractivity contribution in [1.82, 2.24) is 5.32 Å². The number of amides is 1. The number of nitrogens with zero attached hydrogens (tertiary/aromatic N) is 1. The number of ether oxygens (including phenoxy) is 2. The van der Waals surface area contributed by atoms with E-state index in [9.17, 15) is 10.1 Å². The molecule has 0 radical (unpaired) electrons. The third-order valence-electron chi connectivity index (χ3n) is 4.38. The van der Waals surface area contributed by atoms with Gasteiger partial charge in [-0.25, -0.2) is 0 Å². The van der Waals surface area contributed by atoms with Crippen LogP contribution in [0.25, 0.3) is 6.08 Å². The van der Waals surface area contributed by atoms with Crippen molar-refractivity contribution >= 4 is 12.0 Å². The van der Waals surface area contributed by atoms with Crippen LogP contribution in [0, 0.1) is 17.2 Å². The third-order valence-corrected chi connectivity index (χ3v) is 4.38. The van der Waals surface area contributed by atoms with Crippen LogP contribution in [0.4, 0.5) is 0 Å². The van der Waals surface area contributed by atoms with E-state index in [0.29, 0.717) is 24.0 Å². The van der Waals surface area contributed by atoms with Crippen molar-refractivity contribution in [2.45, 2.75) is 52.0 Å². The number of methoxy groups -OCH3 is 1. The molecule has 0 unspecified atom stereocenters. The first kappa shape index (κ1) is 19.8. The number of hydrogen-bond donors (Lipinski definition) is 1. The minimum atomic E-state index is -0.306. The molecule has 1 aromatic rings. The quantitative estimate of drug-likeness (QED) is 0.590. The molecule has 0 atom stereocenters. The summed E-state index contributed by atoms with van der Waals surface area (Å²) in [5.74, 6) is 1.32. The molecule has 1 fully saturated rings. The summed E-state index contributed by atoms with van der Waals surface area (Å²) in [6.07, 6.45) is 7.05. The van der Waals surface area contributed by atoms with Crippen molar-refractivity contribution in [2.75, 3.05) is 13.7 Å². The number of nitrogens with one attached hydrogen (secondary N) is 1. The van der Waals surface area contributed by atoms with Gasteiger partial charge in [-0.05, 0) is 42.5 Å². The molecule has 2 rings (SSSR count). The smallest absolute Gasteiger partial charge is 0.262 e. The van der Waals surface area contributed by atoms with Crippen molar-refractivity contribution < 1.29 is 14.3 Å². The summed E-state index contributed by atoms with van der Waals surface area (Å²) in [5, 5.41) is 12.4. The highest BCUT2D eigenvalue weighted by Crippen LogP contribution is 2.29. The maximum atomic E-state index is 12.4. The lowest BCUT2D eigenvalue weighted by Gasteiger charge is -2.22. The highest BCUT2D eigenvalue weighted by molar-refractivity contribution is 6.01. The number of carbonyl (C=O) groups excluding carboxylic acids is 1. The maximum absolute atomic E-state index is 12.4. The number of benzene rings is 1. The molecule has 0 bridgehead atoms. The molecule has 1 saturated carbocycles. The fourth-order valence-electron chi connectivity index (χ4n) is 2.98. The summed E-state index contributed by atoms with van der Waals surface area (Å²) in [6.45, 7) is 4.70. The van der Waals surface area contributed by atoms with Gasteiger partial charge in [0.2, 0.25) is 0 Å². The maximum Gasteiger partial charge on any atom is 0.262 e. The molecule has 0 saturated heterocycles. The highest BCUT2D eigenvalue weighted by Gasteiger charge is 2.18. The van der Waals surface area contributed by atoms with Gasteiger partial charge < -0.3 is 14.8 Å². The molecular weight excluding hydrogens is 328 g/mol. The number of hydrogen-bond acceptors (Lipinski definition) is 4. The van der Waals surface area contributed by atoms with Gasteiger partial charge >= 0.3 is 0 Å². The Morgan fingerprint density at radius 3 is 2.65 bits per heavy atom. The zero-order chi connectivity index (χ0) is 18.9. The van der Waals surface area contributed by atoms with Gasteiger partial charge in [-0.15, -0.1) is 0 Å². The Morgan fingerprint density at radius 2 is 2.04 bits per heavy atom. The summed E-state index contributed by atoms with van der Waals surface area (Å²) >= 11 is 0. The van der Waals surface area contributed by atoms with Crippen LogP contribution < -0.4 is 14.8 Å². The standard InChI is InChI=1S/C21H28N2O3/c1-15(2)14-26-20-12-16(9-10-19(20)25-3)11-17(13-22)21(24)23-18-7-5-4-6-8-18/h9-12,15,18H,4-8,14H2,1-3H3,(H,23,24)/b17-11+. The molecule has 1 amide bonds. The summed E-state index contributed by atoms with van der Waals surface area (Å²) < 4.78 is 11.1. The van der Waals surface area contributed by atoms with E-state index in [-0.39, 0.29) is 17.5 Å². The van der Waals surface area contributed by atoms with E-state index in [2.05, 4.69) is 19.2 Å². The predicted molar refractivity (Wildman–Crippen MR) is 102 cm³/mol. The fraction of sp³-hybridized carbons (Fsp3) is 0.524. The average molecular weight is 356 g/mol. The lowest BCUT2D eigenvalue weighted by atomic mass is 9.95. The number of rotatable bonds is 7. The van der Waals surface area contributed by atoms with Crippen molar-refractivity contribution in [1.29, 1.82) is 5.26 Å². The first-order valence-electron chi connectivity index (χ1n) is 9.27. The molecule has 1 aliphatic carbocycles. The van der Waals surface area contributed by atoms with Crippen LogP contribution in [0.2, 0.25) is 0 Å². The molecular formula is C21H28N2O3. The largest absolute Gasteiger partial charge is 0.493 e. The van der Waals surface area contributed by atoms with Crippen molar-refractivity contribution in [3.05, 3.63) is 29.3 Å². The van der Waals surface area contributed by atoms with Crippen LogP contribution in [0.5, 0.6) is 11.5 Å². The molecule has 0 aromatic heterocycles. The number of nitriles is 1. The van der Waals surface area contributed by atoms with Crippen molar-refractivity contribution in [3.63, 3.8) is 0 Å². The lowest BCUT2D eigenvalue weighted by molar-refractivity contribution is -0.117. The SMILES string of the molecule is COc1ccc(/C=C(\C#N)C(=O)NC2CCCCC2)cc1OCC(C)C. The van der Waals surface area contributed by atoms with E-state index in [1.54, 1.807) is 25.3 Å². The Labute approximate surface area is 156 Å². The third kappa shape index (κ3) is 5.80. The Hall–Kier alpha value is -2.48. The Balaban J connectivity index is 2.14. The van der Waals surface area contributed by atoms with Crippen molar-refractivity contribution in [2.24, 2.45) is 5.92 Å². The van der Waals surface area contributed by atoms with Gasteiger partial charge in [0.1, 0.15) is 11.6 Å². The molecule has 0 spiro atoms. The average Bonchev–Trinajstić information content (AvgIpc) is 2.65. The van der Waals surface area contributed by atoms with Gasteiger partial charge in [0, 0.05) is 6.04 Å². The zero-order valence-corrected chi connectivity index (χ0v) is 15.9. The molecule has 1 aromatic carbocycles. The van der Waals surface area contributed by atoms with Gasteiger partial charge in [-0.1, -0.05) is 39.2 Å². The molecule has 26 heavy (non-hydrogen) atoms. The first-order valence-corrected chi connectivity index (χ1v) is 9.27. The van der Waals surface area contributed by atoms with E-state index in [0.717, 1.165) is 31.2 Å². The first-order chi connectivity index (χ1) is 12.5.